The number of halogens is 1. The fourth-order valence-electron chi connectivity index (χ4n) is 2.34. The number of carboxylic acid groups (broad SMARTS) is 1. The molecule has 1 aromatic rings. The van der Waals surface area contributed by atoms with E-state index in [0.29, 0.717) is 12.1 Å². The van der Waals surface area contributed by atoms with Crippen molar-refractivity contribution < 1.29 is 14.7 Å². The number of benzene rings is 1. The number of carbonyl (C=O) groups is 1. The van der Waals surface area contributed by atoms with Gasteiger partial charge < -0.3 is 9.94 Å². The molecule has 0 saturated carbocycles. The van der Waals surface area contributed by atoms with Crippen LogP contribution in [0.25, 0.3) is 5.57 Å². The average Bonchev–Trinajstić information content (AvgIpc) is 2.52. The fraction of sp³-hybridized carbons (Fsp3) is 0.294. The molecule has 1 aliphatic rings. The summed E-state index contributed by atoms with van der Waals surface area (Å²) >= 11 is 6.62. The molecule has 0 fully saturated rings. The standard InChI is InChI=1S/C17H18ClNO3/c1-22-19-15(7-8-16(20)21)17(18)11-9-14(10-12-17)13-5-3-2-4-6-13/h2-6,9-11H,7-8,12H2,1H3,(H,20,21). The van der Waals surface area contributed by atoms with Gasteiger partial charge in [0.25, 0.3) is 0 Å². The van der Waals surface area contributed by atoms with Gasteiger partial charge in [0.05, 0.1) is 12.1 Å². The van der Waals surface area contributed by atoms with Crippen molar-refractivity contribution in [3.05, 3.63) is 54.1 Å². The van der Waals surface area contributed by atoms with Gasteiger partial charge in [0, 0.05) is 6.42 Å². The highest BCUT2D eigenvalue weighted by molar-refractivity contribution is 6.38. The van der Waals surface area contributed by atoms with E-state index in [1.807, 2.05) is 48.6 Å². The molecule has 1 atom stereocenters. The number of aliphatic carboxylic acids is 1. The molecule has 0 heterocycles. The third-order valence-corrected chi connectivity index (χ3v) is 4.01. The lowest BCUT2D eigenvalue weighted by molar-refractivity contribution is -0.136. The first-order chi connectivity index (χ1) is 10.5. The monoisotopic (exact) mass is 319 g/mol. The van der Waals surface area contributed by atoms with E-state index in [0.717, 1.165) is 11.1 Å². The van der Waals surface area contributed by atoms with E-state index in [1.54, 1.807) is 0 Å². The van der Waals surface area contributed by atoms with Gasteiger partial charge in [-0.1, -0.05) is 53.7 Å². The number of rotatable bonds is 6. The average molecular weight is 320 g/mol. The zero-order valence-corrected chi connectivity index (χ0v) is 13.1. The third-order valence-electron chi connectivity index (χ3n) is 3.51. The second-order valence-corrected chi connectivity index (χ2v) is 5.71. The highest BCUT2D eigenvalue weighted by atomic mass is 35.5. The lowest BCUT2D eigenvalue weighted by atomic mass is 9.87. The number of nitrogens with zero attached hydrogens (tertiary/aromatic N) is 1. The maximum absolute atomic E-state index is 10.8. The van der Waals surface area contributed by atoms with Crippen LogP contribution in [-0.4, -0.2) is 28.8 Å². The summed E-state index contributed by atoms with van der Waals surface area (Å²) in [5, 5.41) is 12.8. The number of carboxylic acids is 1. The Hall–Kier alpha value is -2.07. The minimum atomic E-state index is -0.885. The highest BCUT2D eigenvalue weighted by Crippen LogP contribution is 2.34. The largest absolute Gasteiger partial charge is 0.481 e. The molecule has 4 nitrogen and oxygen atoms in total. The summed E-state index contributed by atoms with van der Waals surface area (Å²) < 4.78 is 0. The molecule has 116 valence electrons. The second-order valence-electron chi connectivity index (χ2n) is 5.04. The zero-order valence-electron chi connectivity index (χ0n) is 12.3. The first-order valence-corrected chi connectivity index (χ1v) is 7.39. The summed E-state index contributed by atoms with van der Waals surface area (Å²) in [6.07, 6.45) is 6.60. The summed E-state index contributed by atoms with van der Waals surface area (Å²) in [5.74, 6) is -0.885. The van der Waals surface area contributed by atoms with Crippen molar-refractivity contribution in [2.75, 3.05) is 7.11 Å². The molecule has 0 spiro atoms. The minimum absolute atomic E-state index is 0.0280. The molecule has 0 saturated heterocycles. The van der Waals surface area contributed by atoms with E-state index in [9.17, 15) is 4.79 Å². The van der Waals surface area contributed by atoms with Crippen LogP contribution in [0.3, 0.4) is 0 Å². The van der Waals surface area contributed by atoms with Crippen LogP contribution in [0.1, 0.15) is 24.8 Å². The SMILES string of the molecule is CON=C(CCC(=O)O)C1(Cl)C=CC(c2ccccc2)=CC1. The van der Waals surface area contributed by atoms with E-state index in [2.05, 4.69) is 5.16 Å². The normalized spacial score (nSPS) is 21.4. The molecule has 0 radical (unpaired) electrons. The van der Waals surface area contributed by atoms with Crippen LogP contribution in [0.15, 0.2) is 53.7 Å². The fourth-order valence-corrected chi connectivity index (χ4v) is 2.61. The van der Waals surface area contributed by atoms with Crippen LogP contribution in [0.4, 0.5) is 0 Å². The van der Waals surface area contributed by atoms with E-state index >= 15 is 0 Å². The molecule has 2 rings (SSSR count). The Balaban J connectivity index is 2.16. The predicted octanol–water partition coefficient (Wildman–Crippen LogP) is 3.87. The molecule has 0 aliphatic heterocycles. The quantitative estimate of drug-likeness (QED) is 0.492. The number of hydrogen-bond acceptors (Lipinski definition) is 3. The van der Waals surface area contributed by atoms with Crippen molar-refractivity contribution in [1.29, 1.82) is 0 Å². The zero-order chi connectivity index (χ0) is 16.0. The van der Waals surface area contributed by atoms with Gasteiger partial charge in [0.2, 0.25) is 0 Å². The van der Waals surface area contributed by atoms with Crippen LogP contribution in [-0.2, 0) is 9.63 Å². The van der Waals surface area contributed by atoms with Gasteiger partial charge in [-0.05, 0) is 17.6 Å². The van der Waals surface area contributed by atoms with Gasteiger partial charge in [-0.3, -0.25) is 4.79 Å². The molecule has 5 heteroatoms. The molecule has 1 N–H and O–H groups in total. The Morgan fingerprint density at radius 2 is 2.09 bits per heavy atom. The maximum atomic E-state index is 10.8. The van der Waals surface area contributed by atoms with Crippen molar-refractivity contribution in [1.82, 2.24) is 0 Å². The summed E-state index contributed by atoms with van der Waals surface area (Å²) in [6.45, 7) is 0. The Morgan fingerprint density at radius 1 is 1.36 bits per heavy atom. The van der Waals surface area contributed by atoms with Gasteiger partial charge >= 0.3 is 5.97 Å². The molecule has 1 aromatic carbocycles. The van der Waals surface area contributed by atoms with Crippen LogP contribution >= 0.6 is 11.6 Å². The molecule has 0 aromatic heterocycles. The smallest absolute Gasteiger partial charge is 0.303 e. The molecular weight excluding hydrogens is 302 g/mol. The number of oxime groups is 1. The van der Waals surface area contributed by atoms with Gasteiger partial charge in [0.1, 0.15) is 12.0 Å². The van der Waals surface area contributed by atoms with Crippen LogP contribution < -0.4 is 0 Å². The minimum Gasteiger partial charge on any atom is -0.481 e. The number of hydrogen-bond donors (Lipinski definition) is 1. The second kappa shape index (κ2) is 7.27. The maximum Gasteiger partial charge on any atom is 0.303 e. The van der Waals surface area contributed by atoms with Crippen LogP contribution in [0, 0.1) is 0 Å². The highest BCUT2D eigenvalue weighted by Gasteiger charge is 2.32. The van der Waals surface area contributed by atoms with Crippen LogP contribution in [0.5, 0.6) is 0 Å². The number of allylic oxidation sites excluding steroid dienone is 4. The van der Waals surface area contributed by atoms with Crippen molar-refractivity contribution in [3.8, 4) is 0 Å². The third kappa shape index (κ3) is 3.98. The lowest BCUT2D eigenvalue weighted by Gasteiger charge is -2.26. The molecule has 1 unspecified atom stereocenters. The van der Waals surface area contributed by atoms with Gasteiger partial charge in [-0.15, -0.1) is 11.6 Å². The molecule has 1 aliphatic carbocycles. The lowest BCUT2D eigenvalue weighted by Crippen LogP contribution is -2.32. The van der Waals surface area contributed by atoms with Crippen molar-refractivity contribution in [2.45, 2.75) is 24.1 Å². The van der Waals surface area contributed by atoms with E-state index in [4.69, 9.17) is 21.5 Å². The van der Waals surface area contributed by atoms with E-state index in [1.165, 1.54) is 7.11 Å². The molecule has 0 amide bonds. The van der Waals surface area contributed by atoms with Gasteiger partial charge in [-0.25, -0.2) is 0 Å². The summed E-state index contributed by atoms with van der Waals surface area (Å²) in [5.41, 5.74) is 2.73. The Kier molecular flexibility index (Phi) is 5.39. The predicted molar refractivity (Wildman–Crippen MR) is 88.1 cm³/mol. The Morgan fingerprint density at radius 3 is 2.64 bits per heavy atom. The van der Waals surface area contributed by atoms with Gasteiger partial charge in [-0.2, -0.15) is 0 Å². The van der Waals surface area contributed by atoms with Crippen LogP contribution in [0.2, 0.25) is 0 Å². The Labute approximate surface area is 134 Å². The summed E-state index contributed by atoms with van der Waals surface area (Å²) in [7, 11) is 1.43. The number of alkyl halides is 1. The molecule has 0 bridgehead atoms. The summed E-state index contributed by atoms with van der Waals surface area (Å²) in [4.78, 5) is 14.8. The van der Waals surface area contributed by atoms with E-state index in [-0.39, 0.29) is 12.8 Å². The first-order valence-electron chi connectivity index (χ1n) is 7.01. The summed E-state index contributed by atoms with van der Waals surface area (Å²) in [6, 6.07) is 10.0. The van der Waals surface area contributed by atoms with Crippen molar-refractivity contribution in [2.24, 2.45) is 5.16 Å². The van der Waals surface area contributed by atoms with E-state index < -0.39 is 10.8 Å². The van der Waals surface area contributed by atoms with Crippen molar-refractivity contribution >= 4 is 28.9 Å². The first kappa shape index (κ1) is 16.3. The topological polar surface area (TPSA) is 58.9 Å². The Bertz CT molecular complexity index is 622. The van der Waals surface area contributed by atoms with Gasteiger partial charge in [0.15, 0.2) is 0 Å². The van der Waals surface area contributed by atoms with Crippen molar-refractivity contribution in [3.63, 3.8) is 0 Å². The molecular formula is C17H18ClNO3. The molecule has 22 heavy (non-hydrogen) atoms.